The standard InChI is InChI=1S/C16H13F4NO3/c1-23-11-4-3-8(5-12(11)24-2)7-21-16(22)9-6-10(17)14(19)15(20)13(9)18/h3-6H,7H2,1-2H3,(H,21,22). The first-order chi connectivity index (χ1) is 11.4. The number of nitrogens with one attached hydrogen (secondary N) is 1. The first-order valence-electron chi connectivity index (χ1n) is 6.71. The van der Waals surface area contributed by atoms with Gasteiger partial charge in [-0.1, -0.05) is 6.07 Å². The van der Waals surface area contributed by atoms with Crippen LogP contribution < -0.4 is 14.8 Å². The van der Waals surface area contributed by atoms with E-state index >= 15 is 0 Å². The molecule has 0 saturated carbocycles. The number of ether oxygens (including phenoxy) is 2. The normalized spacial score (nSPS) is 10.4. The van der Waals surface area contributed by atoms with E-state index in [1.807, 2.05) is 0 Å². The highest BCUT2D eigenvalue weighted by Gasteiger charge is 2.22. The van der Waals surface area contributed by atoms with Gasteiger partial charge in [0.1, 0.15) is 0 Å². The molecule has 0 aromatic heterocycles. The average Bonchev–Trinajstić information content (AvgIpc) is 2.60. The van der Waals surface area contributed by atoms with Crippen LogP contribution in [0, 0.1) is 23.3 Å². The van der Waals surface area contributed by atoms with Crippen molar-refractivity contribution in [2.75, 3.05) is 14.2 Å². The van der Waals surface area contributed by atoms with Gasteiger partial charge in [0.2, 0.25) is 0 Å². The van der Waals surface area contributed by atoms with E-state index in [2.05, 4.69) is 5.32 Å². The minimum Gasteiger partial charge on any atom is -0.493 e. The van der Waals surface area contributed by atoms with Crippen molar-refractivity contribution in [3.63, 3.8) is 0 Å². The fraction of sp³-hybridized carbons (Fsp3) is 0.188. The van der Waals surface area contributed by atoms with Crippen LogP contribution in [0.25, 0.3) is 0 Å². The minimum absolute atomic E-state index is 0.0702. The molecule has 0 bridgehead atoms. The Morgan fingerprint density at radius 3 is 2.25 bits per heavy atom. The van der Waals surface area contributed by atoms with Crippen molar-refractivity contribution in [1.29, 1.82) is 0 Å². The van der Waals surface area contributed by atoms with Gasteiger partial charge in [0.15, 0.2) is 34.8 Å². The monoisotopic (exact) mass is 343 g/mol. The van der Waals surface area contributed by atoms with Crippen molar-refractivity contribution in [2.24, 2.45) is 0 Å². The lowest BCUT2D eigenvalue weighted by Crippen LogP contribution is -2.25. The topological polar surface area (TPSA) is 47.6 Å². The van der Waals surface area contributed by atoms with E-state index in [1.165, 1.54) is 14.2 Å². The maximum absolute atomic E-state index is 13.6. The van der Waals surface area contributed by atoms with Gasteiger partial charge in [-0.2, -0.15) is 0 Å². The van der Waals surface area contributed by atoms with Crippen LogP contribution in [0.2, 0.25) is 0 Å². The van der Waals surface area contributed by atoms with Gasteiger partial charge in [0.05, 0.1) is 19.8 Å². The summed E-state index contributed by atoms with van der Waals surface area (Å²) >= 11 is 0. The van der Waals surface area contributed by atoms with Crippen molar-refractivity contribution in [2.45, 2.75) is 6.54 Å². The smallest absolute Gasteiger partial charge is 0.254 e. The molecule has 2 rings (SSSR count). The van der Waals surface area contributed by atoms with Crippen LogP contribution >= 0.6 is 0 Å². The van der Waals surface area contributed by atoms with Crippen LogP contribution in [0.4, 0.5) is 17.6 Å². The number of carbonyl (C=O) groups is 1. The van der Waals surface area contributed by atoms with Crippen LogP contribution in [0.1, 0.15) is 15.9 Å². The molecular weight excluding hydrogens is 330 g/mol. The van der Waals surface area contributed by atoms with E-state index in [-0.39, 0.29) is 6.54 Å². The molecule has 0 radical (unpaired) electrons. The first kappa shape index (κ1) is 17.6. The Balaban J connectivity index is 2.17. The highest BCUT2D eigenvalue weighted by molar-refractivity contribution is 5.94. The van der Waals surface area contributed by atoms with Crippen LogP contribution in [0.5, 0.6) is 11.5 Å². The molecule has 1 amide bonds. The molecule has 8 heteroatoms. The van der Waals surface area contributed by atoms with E-state index in [1.54, 1.807) is 18.2 Å². The second-order valence-electron chi connectivity index (χ2n) is 4.72. The second kappa shape index (κ2) is 7.20. The van der Waals surface area contributed by atoms with Gasteiger partial charge in [-0.15, -0.1) is 0 Å². The minimum atomic E-state index is -2.04. The predicted molar refractivity (Wildman–Crippen MR) is 77.0 cm³/mol. The number of hydrogen-bond acceptors (Lipinski definition) is 3. The summed E-state index contributed by atoms with van der Waals surface area (Å²) in [5.74, 6) is -7.60. The molecule has 128 valence electrons. The number of methoxy groups -OCH3 is 2. The molecule has 0 heterocycles. The predicted octanol–water partition coefficient (Wildman–Crippen LogP) is 3.19. The molecule has 0 unspecified atom stereocenters. The lowest BCUT2D eigenvalue weighted by molar-refractivity contribution is 0.0944. The molecule has 0 aliphatic heterocycles. The highest BCUT2D eigenvalue weighted by Crippen LogP contribution is 2.27. The van der Waals surface area contributed by atoms with Crippen LogP contribution in [0.3, 0.4) is 0 Å². The first-order valence-corrected chi connectivity index (χ1v) is 6.71. The van der Waals surface area contributed by atoms with E-state index in [4.69, 9.17) is 9.47 Å². The fourth-order valence-electron chi connectivity index (χ4n) is 2.01. The zero-order chi connectivity index (χ0) is 17.9. The molecule has 0 atom stereocenters. The molecule has 4 nitrogen and oxygen atoms in total. The molecule has 2 aromatic carbocycles. The molecule has 1 N–H and O–H groups in total. The lowest BCUT2D eigenvalue weighted by Gasteiger charge is -2.11. The third kappa shape index (κ3) is 3.42. The Morgan fingerprint density at radius 2 is 1.62 bits per heavy atom. The Bertz CT molecular complexity index is 780. The molecule has 0 fully saturated rings. The average molecular weight is 343 g/mol. The summed E-state index contributed by atoms with van der Waals surface area (Å²) in [6, 6.07) is 5.08. The fourth-order valence-corrected chi connectivity index (χ4v) is 2.01. The van der Waals surface area contributed by atoms with Crippen molar-refractivity contribution in [1.82, 2.24) is 5.32 Å². The summed E-state index contributed by atoms with van der Waals surface area (Å²) in [5.41, 5.74) is -0.351. The number of amides is 1. The van der Waals surface area contributed by atoms with Crippen LogP contribution in [-0.4, -0.2) is 20.1 Å². The quantitative estimate of drug-likeness (QED) is 0.515. The van der Waals surface area contributed by atoms with E-state index < -0.39 is 34.7 Å². The maximum atomic E-state index is 13.6. The zero-order valence-electron chi connectivity index (χ0n) is 12.8. The van der Waals surface area contributed by atoms with Gasteiger partial charge in [-0.3, -0.25) is 4.79 Å². The summed E-state index contributed by atoms with van der Waals surface area (Å²) in [4.78, 5) is 11.9. The number of carbonyl (C=O) groups excluding carboxylic acids is 1. The molecule has 0 saturated heterocycles. The number of benzene rings is 2. The van der Waals surface area contributed by atoms with E-state index in [0.717, 1.165) is 0 Å². The van der Waals surface area contributed by atoms with Crippen molar-refractivity contribution in [3.05, 3.63) is 58.7 Å². The van der Waals surface area contributed by atoms with E-state index in [0.29, 0.717) is 23.1 Å². The summed E-state index contributed by atoms with van der Waals surface area (Å²) in [7, 11) is 2.89. The molecule has 0 aliphatic rings. The van der Waals surface area contributed by atoms with Crippen LogP contribution in [-0.2, 0) is 6.54 Å². The number of rotatable bonds is 5. The molecule has 24 heavy (non-hydrogen) atoms. The molecule has 2 aromatic rings. The van der Waals surface area contributed by atoms with Gasteiger partial charge < -0.3 is 14.8 Å². The Labute approximate surface area is 135 Å². The summed E-state index contributed by atoms with van der Waals surface area (Å²) in [6.07, 6.45) is 0. The van der Waals surface area contributed by atoms with Crippen molar-refractivity contribution < 1.29 is 31.8 Å². The number of halogens is 4. The molecule has 0 aliphatic carbocycles. The highest BCUT2D eigenvalue weighted by atomic mass is 19.2. The van der Waals surface area contributed by atoms with Crippen molar-refractivity contribution >= 4 is 5.91 Å². The Hall–Kier alpha value is -2.77. The molecule has 0 spiro atoms. The third-order valence-corrected chi connectivity index (χ3v) is 3.25. The SMILES string of the molecule is COc1ccc(CNC(=O)c2cc(F)c(F)c(F)c2F)cc1OC. The molecular formula is C16H13F4NO3. The summed E-state index contributed by atoms with van der Waals surface area (Å²) < 4.78 is 62.9. The zero-order valence-corrected chi connectivity index (χ0v) is 12.8. The van der Waals surface area contributed by atoms with Gasteiger partial charge in [-0.05, 0) is 23.8 Å². The summed E-state index contributed by atoms with van der Waals surface area (Å²) in [5, 5.41) is 2.29. The number of hydrogen-bond donors (Lipinski definition) is 1. The van der Waals surface area contributed by atoms with Gasteiger partial charge in [0, 0.05) is 6.54 Å². The largest absolute Gasteiger partial charge is 0.493 e. The third-order valence-electron chi connectivity index (χ3n) is 3.25. The van der Waals surface area contributed by atoms with E-state index in [9.17, 15) is 22.4 Å². The lowest BCUT2D eigenvalue weighted by atomic mass is 10.1. The summed E-state index contributed by atoms with van der Waals surface area (Å²) in [6.45, 7) is -0.0702. The second-order valence-corrected chi connectivity index (χ2v) is 4.72. The van der Waals surface area contributed by atoms with Crippen LogP contribution in [0.15, 0.2) is 24.3 Å². The van der Waals surface area contributed by atoms with Gasteiger partial charge in [0.25, 0.3) is 5.91 Å². The Morgan fingerprint density at radius 1 is 0.958 bits per heavy atom. The van der Waals surface area contributed by atoms with Gasteiger partial charge >= 0.3 is 0 Å². The maximum Gasteiger partial charge on any atom is 0.254 e. The van der Waals surface area contributed by atoms with Gasteiger partial charge in [-0.25, -0.2) is 17.6 Å². The Kier molecular flexibility index (Phi) is 5.28. The van der Waals surface area contributed by atoms with Crippen molar-refractivity contribution in [3.8, 4) is 11.5 Å².